The molecule has 1 nitrogen and oxygen atoms in total. The normalized spacial score (nSPS) is 10.5. The average Bonchev–Trinajstić information content (AvgIpc) is 2.42. The van der Waals surface area contributed by atoms with Crippen LogP contribution in [-0.2, 0) is 0 Å². The second kappa shape index (κ2) is 5.81. The number of hydrogen-bond acceptors (Lipinski definition) is 2. The number of halogens is 1. The Labute approximate surface area is 123 Å². The van der Waals surface area contributed by atoms with Gasteiger partial charge in [0.1, 0.15) is 0 Å². The number of thioether (sulfide) groups is 1. The van der Waals surface area contributed by atoms with E-state index in [1.807, 2.05) is 56.5 Å². The summed E-state index contributed by atoms with van der Waals surface area (Å²) in [5.41, 5.74) is 3.46. The SMILES string of the molecule is CSc1ccccc1C(=O)c1cc(C)c(C)cc1Cl. The van der Waals surface area contributed by atoms with E-state index in [0.717, 1.165) is 16.0 Å². The standard InChI is InChI=1S/C16H15ClOS/c1-10-8-13(14(17)9-11(10)2)16(18)12-6-4-5-7-15(12)19-3/h4-9H,1-3H3. The number of ketones is 1. The molecular weight excluding hydrogens is 276 g/mol. The van der Waals surface area contributed by atoms with E-state index >= 15 is 0 Å². The Balaban J connectivity index is 2.53. The van der Waals surface area contributed by atoms with Crippen molar-refractivity contribution in [3.63, 3.8) is 0 Å². The molecule has 0 N–H and O–H groups in total. The van der Waals surface area contributed by atoms with E-state index in [-0.39, 0.29) is 5.78 Å². The molecule has 0 unspecified atom stereocenters. The first-order valence-corrected chi connectivity index (χ1v) is 7.59. The highest BCUT2D eigenvalue weighted by molar-refractivity contribution is 7.98. The quantitative estimate of drug-likeness (QED) is 0.590. The van der Waals surface area contributed by atoms with E-state index in [4.69, 9.17) is 11.6 Å². The Morgan fingerprint density at radius 1 is 1.05 bits per heavy atom. The predicted molar refractivity (Wildman–Crippen MR) is 82.6 cm³/mol. The lowest BCUT2D eigenvalue weighted by Gasteiger charge is -2.10. The van der Waals surface area contributed by atoms with Crippen molar-refractivity contribution in [2.45, 2.75) is 18.7 Å². The second-order valence-corrected chi connectivity index (χ2v) is 5.70. The van der Waals surface area contributed by atoms with Crippen LogP contribution in [0.25, 0.3) is 0 Å². The third-order valence-electron chi connectivity index (χ3n) is 3.18. The molecule has 19 heavy (non-hydrogen) atoms. The highest BCUT2D eigenvalue weighted by Crippen LogP contribution is 2.27. The Bertz CT molecular complexity index is 635. The van der Waals surface area contributed by atoms with Gasteiger partial charge in [0, 0.05) is 16.0 Å². The molecule has 2 aromatic rings. The van der Waals surface area contributed by atoms with E-state index in [0.29, 0.717) is 16.1 Å². The van der Waals surface area contributed by atoms with Crippen LogP contribution in [0.15, 0.2) is 41.3 Å². The summed E-state index contributed by atoms with van der Waals surface area (Å²) in [5.74, 6) is -0.0157. The maximum absolute atomic E-state index is 12.6. The van der Waals surface area contributed by atoms with Crippen LogP contribution >= 0.6 is 23.4 Å². The summed E-state index contributed by atoms with van der Waals surface area (Å²) in [6, 6.07) is 11.3. The van der Waals surface area contributed by atoms with Crippen LogP contribution in [-0.4, -0.2) is 12.0 Å². The third-order valence-corrected chi connectivity index (χ3v) is 4.29. The van der Waals surface area contributed by atoms with Crippen molar-refractivity contribution in [2.24, 2.45) is 0 Å². The van der Waals surface area contributed by atoms with Crippen molar-refractivity contribution >= 4 is 29.1 Å². The molecule has 0 heterocycles. The fourth-order valence-electron chi connectivity index (χ4n) is 1.93. The van der Waals surface area contributed by atoms with Gasteiger partial charge in [-0.1, -0.05) is 23.7 Å². The van der Waals surface area contributed by atoms with E-state index in [2.05, 4.69) is 0 Å². The largest absolute Gasteiger partial charge is 0.289 e. The zero-order chi connectivity index (χ0) is 14.0. The molecule has 0 bridgehead atoms. The summed E-state index contributed by atoms with van der Waals surface area (Å²) >= 11 is 7.78. The first kappa shape index (κ1) is 14.2. The van der Waals surface area contributed by atoms with Crippen molar-refractivity contribution in [3.05, 3.63) is 63.7 Å². The maximum atomic E-state index is 12.6. The zero-order valence-corrected chi connectivity index (χ0v) is 12.7. The molecule has 0 spiro atoms. The van der Waals surface area contributed by atoms with E-state index in [1.54, 1.807) is 11.8 Å². The molecule has 0 radical (unpaired) electrons. The Hall–Kier alpha value is -1.25. The van der Waals surface area contributed by atoms with Gasteiger partial charge < -0.3 is 0 Å². The molecule has 2 aromatic carbocycles. The van der Waals surface area contributed by atoms with Gasteiger partial charge in [0.25, 0.3) is 0 Å². The van der Waals surface area contributed by atoms with E-state index in [1.165, 1.54) is 0 Å². The molecule has 0 aliphatic carbocycles. The topological polar surface area (TPSA) is 17.1 Å². The number of hydrogen-bond donors (Lipinski definition) is 0. The lowest BCUT2D eigenvalue weighted by atomic mass is 9.99. The minimum atomic E-state index is -0.0157. The molecule has 0 saturated heterocycles. The van der Waals surface area contributed by atoms with Gasteiger partial charge in [-0.05, 0) is 55.5 Å². The van der Waals surface area contributed by atoms with Crippen molar-refractivity contribution in [2.75, 3.05) is 6.26 Å². The number of carbonyl (C=O) groups excluding carboxylic acids is 1. The molecule has 3 heteroatoms. The monoisotopic (exact) mass is 290 g/mol. The summed E-state index contributed by atoms with van der Waals surface area (Å²) in [6.45, 7) is 3.98. The summed E-state index contributed by atoms with van der Waals surface area (Å²) < 4.78 is 0. The molecule has 2 rings (SSSR count). The lowest BCUT2D eigenvalue weighted by molar-refractivity contribution is 0.103. The molecular formula is C16H15ClOS. The Morgan fingerprint density at radius 2 is 1.68 bits per heavy atom. The van der Waals surface area contributed by atoms with Crippen LogP contribution in [0, 0.1) is 13.8 Å². The minimum Gasteiger partial charge on any atom is -0.289 e. The molecule has 0 saturated carbocycles. The molecule has 0 aliphatic heterocycles. The van der Waals surface area contributed by atoms with Gasteiger partial charge in [-0.25, -0.2) is 0 Å². The minimum absolute atomic E-state index is 0.0157. The van der Waals surface area contributed by atoms with Gasteiger partial charge in [0.2, 0.25) is 0 Å². The summed E-state index contributed by atoms with van der Waals surface area (Å²) in [4.78, 5) is 13.6. The van der Waals surface area contributed by atoms with Crippen LogP contribution in [0.1, 0.15) is 27.0 Å². The van der Waals surface area contributed by atoms with Crippen LogP contribution in [0.4, 0.5) is 0 Å². The molecule has 0 aliphatic rings. The fraction of sp³-hybridized carbons (Fsp3) is 0.188. The van der Waals surface area contributed by atoms with Crippen LogP contribution in [0.2, 0.25) is 5.02 Å². The van der Waals surface area contributed by atoms with Crippen LogP contribution in [0.5, 0.6) is 0 Å². The predicted octanol–water partition coefficient (Wildman–Crippen LogP) is 4.91. The fourth-order valence-corrected chi connectivity index (χ4v) is 2.83. The van der Waals surface area contributed by atoms with Crippen LogP contribution < -0.4 is 0 Å². The second-order valence-electron chi connectivity index (χ2n) is 4.45. The van der Waals surface area contributed by atoms with E-state index < -0.39 is 0 Å². The summed E-state index contributed by atoms with van der Waals surface area (Å²) in [7, 11) is 0. The van der Waals surface area contributed by atoms with Crippen molar-refractivity contribution in [1.82, 2.24) is 0 Å². The summed E-state index contributed by atoms with van der Waals surface area (Å²) in [6.07, 6.45) is 1.97. The molecule has 0 aromatic heterocycles. The first-order chi connectivity index (χ1) is 9.04. The first-order valence-electron chi connectivity index (χ1n) is 5.99. The van der Waals surface area contributed by atoms with Crippen molar-refractivity contribution in [1.29, 1.82) is 0 Å². The van der Waals surface area contributed by atoms with Gasteiger partial charge in [-0.3, -0.25) is 4.79 Å². The Kier molecular flexibility index (Phi) is 4.33. The average molecular weight is 291 g/mol. The lowest BCUT2D eigenvalue weighted by Crippen LogP contribution is -2.05. The number of benzene rings is 2. The van der Waals surface area contributed by atoms with Crippen LogP contribution in [0.3, 0.4) is 0 Å². The number of aryl methyl sites for hydroxylation is 2. The van der Waals surface area contributed by atoms with E-state index in [9.17, 15) is 4.79 Å². The highest BCUT2D eigenvalue weighted by atomic mass is 35.5. The smallest absolute Gasteiger partial charge is 0.195 e. The maximum Gasteiger partial charge on any atom is 0.195 e. The Morgan fingerprint density at radius 3 is 2.37 bits per heavy atom. The number of rotatable bonds is 3. The molecule has 0 amide bonds. The van der Waals surface area contributed by atoms with Crippen molar-refractivity contribution < 1.29 is 4.79 Å². The van der Waals surface area contributed by atoms with Gasteiger partial charge in [0.05, 0.1) is 5.02 Å². The van der Waals surface area contributed by atoms with Gasteiger partial charge in [-0.15, -0.1) is 11.8 Å². The number of carbonyl (C=O) groups is 1. The van der Waals surface area contributed by atoms with Gasteiger partial charge >= 0.3 is 0 Å². The molecule has 98 valence electrons. The van der Waals surface area contributed by atoms with Gasteiger partial charge in [0.15, 0.2) is 5.78 Å². The summed E-state index contributed by atoms with van der Waals surface area (Å²) in [5, 5.41) is 0.518. The third kappa shape index (κ3) is 2.85. The molecule has 0 fully saturated rings. The zero-order valence-electron chi connectivity index (χ0n) is 11.2. The highest BCUT2D eigenvalue weighted by Gasteiger charge is 2.16. The van der Waals surface area contributed by atoms with Crippen molar-refractivity contribution in [3.8, 4) is 0 Å². The van der Waals surface area contributed by atoms with Gasteiger partial charge in [-0.2, -0.15) is 0 Å². The molecule has 0 atom stereocenters.